The first-order valence-electron chi connectivity index (χ1n) is 11.3. The topological polar surface area (TPSA) is 83.7 Å². The van der Waals surface area contributed by atoms with E-state index in [4.69, 9.17) is 9.47 Å². The molecule has 0 radical (unpaired) electrons. The molecule has 30 heavy (non-hydrogen) atoms. The fourth-order valence-electron chi connectivity index (χ4n) is 3.78. The van der Waals surface area contributed by atoms with Crippen LogP contribution in [0.4, 0.5) is 0 Å². The van der Waals surface area contributed by atoms with Crippen LogP contribution in [0.1, 0.15) is 85.5 Å². The first-order valence-corrected chi connectivity index (χ1v) is 11.3. The first-order chi connectivity index (χ1) is 14.2. The molecule has 1 aromatic rings. The summed E-state index contributed by atoms with van der Waals surface area (Å²) in [7, 11) is 0. The van der Waals surface area contributed by atoms with E-state index in [1.165, 1.54) is 25.9 Å². The average molecular weight is 422 g/mol. The molecule has 0 aliphatic carbocycles. The quantitative estimate of drug-likeness (QED) is 0.420. The van der Waals surface area contributed by atoms with Crippen LogP contribution >= 0.6 is 0 Å². The summed E-state index contributed by atoms with van der Waals surface area (Å²) in [6.45, 7) is 14.9. The van der Waals surface area contributed by atoms with Gasteiger partial charge in [0.05, 0.1) is 12.2 Å². The number of nitrogens with zero attached hydrogens (tertiary/aromatic N) is 1. The van der Waals surface area contributed by atoms with E-state index in [1.807, 2.05) is 20.8 Å². The van der Waals surface area contributed by atoms with E-state index in [1.54, 1.807) is 13.8 Å². The van der Waals surface area contributed by atoms with E-state index >= 15 is 0 Å². The van der Waals surface area contributed by atoms with E-state index in [9.17, 15) is 9.59 Å². The second kappa shape index (κ2) is 11.5. The van der Waals surface area contributed by atoms with Crippen molar-refractivity contribution in [2.75, 3.05) is 39.3 Å². The second-order valence-electron chi connectivity index (χ2n) is 8.96. The van der Waals surface area contributed by atoms with Crippen molar-refractivity contribution in [3.8, 4) is 0 Å². The minimum Gasteiger partial charge on any atom is -0.462 e. The van der Waals surface area contributed by atoms with Crippen molar-refractivity contribution in [2.24, 2.45) is 0 Å². The van der Waals surface area contributed by atoms with Crippen molar-refractivity contribution in [1.29, 1.82) is 0 Å². The number of hydrogen-bond acceptors (Lipinski definition) is 6. The van der Waals surface area contributed by atoms with Gasteiger partial charge in [-0.15, -0.1) is 0 Å². The lowest BCUT2D eigenvalue weighted by molar-refractivity contribution is 0.00625. The van der Waals surface area contributed by atoms with Crippen LogP contribution < -0.4 is 5.32 Å². The normalized spacial score (nSPS) is 14.8. The number of likely N-dealkylation sites (tertiary alicyclic amines) is 1. The van der Waals surface area contributed by atoms with E-state index in [-0.39, 0.29) is 5.97 Å². The molecule has 170 valence electrons. The van der Waals surface area contributed by atoms with Crippen molar-refractivity contribution < 1.29 is 19.1 Å². The number of ether oxygens (including phenoxy) is 2. The maximum atomic E-state index is 12.6. The number of aromatic nitrogens is 1. The van der Waals surface area contributed by atoms with Gasteiger partial charge in [-0.25, -0.2) is 9.59 Å². The number of esters is 2. The fourth-order valence-corrected chi connectivity index (χ4v) is 3.78. The third-order valence-corrected chi connectivity index (χ3v) is 5.24. The molecule has 0 bridgehead atoms. The number of carbonyl (C=O) groups is 2. The molecule has 0 unspecified atom stereocenters. The van der Waals surface area contributed by atoms with Crippen LogP contribution in [-0.4, -0.2) is 66.8 Å². The molecule has 7 heteroatoms. The van der Waals surface area contributed by atoms with Gasteiger partial charge in [0.15, 0.2) is 0 Å². The Morgan fingerprint density at radius 3 is 2.43 bits per heavy atom. The van der Waals surface area contributed by atoms with Crippen molar-refractivity contribution in [2.45, 2.75) is 72.3 Å². The third-order valence-electron chi connectivity index (χ3n) is 5.24. The van der Waals surface area contributed by atoms with Gasteiger partial charge in [0.2, 0.25) is 0 Å². The molecule has 0 aromatic carbocycles. The number of H-pyrrole nitrogens is 1. The summed E-state index contributed by atoms with van der Waals surface area (Å²) < 4.78 is 10.7. The molecule has 2 rings (SSSR count). The maximum Gasteiger partial charge on any atom is 0.355 e. The molecular weight excluding hydrogens is 382 g/mol. The number of aryl methyl sites for hydroxylation is 1. The van der Waals surface area contributed by atoms with Gasteiger partial charge in [0.25, 0.3) is 0 Å². The molecule has 1 aromatic heterocycles. The molecule has 2 heterocycles. The number of carbonyl (C=O) groups excluding carboxylic acids is 2. The minimum absolute atomic E-state index is 0.297. The molecule has 1 saturated heterocycles. The highest BCUT2D eigenvalue weighted by Crippen LogP contribution is 2.23. The Hall–Kier alpha value is -1.86. The van der Waals surface area contributed by atoms with E-state index in [0.717, 1.165) is 38.2 Å². The van der Waals surface area contributed by atoms with Gasteiger partial charge in [-0.1, -0.05) is 0 Å². The smallest absolute Gasteiger partial charge is 0.355 e. The van der Waals surface area contributed by atoms with Crippen LogP contribution in [0.15, 0.2) is 0 Å². The summed E-state index contributed by atoms with van der Waals surface area (Å²) in [5.41, 5.74) is 1.57. The summed E-state index contributed by atoms with van der Waals surface area (Å²) in [5, 5.41) is 3.50. The zero-order valence-corrected chi connectivity index (χ0v) is 19.4. The monoisotopic (exact) mass is 421 g/mol. The number of hydrogen-bond donors (Lipinski definition) is 2. The lowest BCUT2D eigenvalue weighted by Gasteiger charge is -2.19. The number of nitrogens with one attached hydrogen (secondary N) is 2. The standard InChI is InChI=1S/C23H39N3O4/c1-6-29-21(27)19-17(2)20(22(28)30-23(3,4)5)25-18(19)11-7-8-12-24-13-16-26-14-9-10-15-26/h24-25H,6-16H2,1-5H3. The van der Waals surface area contributed by atoms with Crippen LogP contribution in [-0.2, 0) is 15.9 Å². The number of rotatable bonds is 11. The Balaban J connectivity index is 1.91. The fraction of sp³-hybridized carbons (Fsp3) is 0.739. The van der Waals surface area contributed by atoms with Gasteiger partial charge in [-0.05, 0) is 91.9 Å². The van der Waals surface area contributed by atoms with Crippen molar-refractivity contribution in [3.05, 3.63) is 22.5 Å². The van der Waals surface area contributed by atoms with Crippen molar-refractivity contribution >= 4 is 11.9 Å². The Morgan fingerprint density at radius 2 is 1.80 bits per heavy atom. The molecule has 0 spiro atoms. The van der Waals surface area contributed by atoms with Crippen LogP contribution in [0.5, 0.6) is 0 Å². The molecule has 2 N–H and O–H groups in total. The summed E-state index contributed by atoms with van der Waals surface area (Å²) in [5.74, 6) is -0.833. The maximum absolute atomic E-state index is 12.6. The molecule has 1 fully saturated rings. The van der Waals surface area contributed by atoms with Gasteiger partial charge in [-0.2, -0.15) is 0 Å². The predicted molar refractivity (Wildman–Crippen MR) is 118 cm³/mol. The lowest BCUT2D eigenvalue weighted by Crippen LogP contribution is -2.30. The minimum atomic E-state index is -0.598. The van der Waals surface area contributed by atoms with E-state index in [2.05, 4.69) is 15.2 Å². The third kappa shape index (κ3) is 7.43. The summed E-state index contributed by atoms with van der Waals surface area (Å²) in [6.07, 6.45) is 5.25. The zero-order chi connectivity index (χ0) is 22.1. The average Bonchev–Trinajstić information content (AvgIpc) is 3.27. The molecular formula is C23H39N3O4. The van der Waals surface area contributed by atoms with Gasteiger partial charge in [0.1, 0.15) is 11.3 Å². The highest BCUT2D eigenvalue weighted by Gasteiger charge is 2.27. The van der Waals surface area contributed by atoms with Gasteiger partial charge in [-0.3, -0.25) is 0 Å². The number of unbranched alkanes of at least 4 members (excludes halogenated alkanes) is 1. The summed E-state index contributed by atoms with van der Waals surface area (Å²) >= 11 is 0. The molecule has 7 nitrogen and oxygen atoms in total. The SMILES string of the molecule is CCOC(=O)c1c(CCCCNCCN2CCCC2)[nH]c(C(=O)OC(C)(C)C)c1C. The predicted octanol–water partition coefficient (Wildman–Crippen LogP) is 3.46. The molecule has 1 aliphatic heterocycles. The molecule has 0 saturated carbocycles. The molecule has 0 amide bonds. The van der Waals surface area contributed by atoms with Crippen molar-refractivity contribution in [1.82, 2.24) is 15.2 Å². The van der Waals surface area contributed by atoms with Crippen LogP contribution in [0.3, 0.4) is 0 Å². The van der Waals surface area contributed by atoms with Gasteiger partial charge < -0.3 is 24.7 Å². The van der Waals surface area contributed by atoms with Crippen molar-refractivity contribution in [3.63, 3.8) is 0 Å². The Morgan fingerprint density at radius 1 is 1.10 bits per heavy atom. The Kier molecular flexibility index (Phi) is 9.37. The van der Waals surface area contributed by atoms with E-state index in [0.29, 0.717) is 29.8 Å². The highest BCUT2D eigenvalue weighted by atomic mass is 16.6. The van der Waals surface area contributed by atoms with Crippen LogP contribution in [0.25, 0.3) is 0 Å². The summed E-state index contributed by atoms with van der Waals surface area (Å²) in [4.78, 5) is 30.7. The molecule has 0 atom stereocenters. The number of aromatic amines is 1. The zero-order valence-electron chi connectivity index (χ0n) is 19.4. The second-order valence-corrected chi connectivity index (χ2v) is 8.96. The molecule has 1 aliphatic rings. The largest absolute Gasteiger partial charge is 0.462 e. The Bertz CT molecular complexity index is 700. The van der Waals surface area contributed by atoms with Gasteiger partial charge in [0, 0.05) is 18.8 Å². The summed E-state index contributed by atoms with van der Waals surface area (Å²) in [6, 6.07) is 0. The van der Waals surface area contributed by atoms with E-state index < -0.39 is 11.6 Å². The first kappa shape index (κ1) is 24.4. The highest BCUT2D eigenvalue weighted by molar-refractivity contribution is 5.98. The van der Waals surface area contributed by atoms with Gasteiger partial charge >= 0.3 is 11.9 Å². The van der Waals surface area contributed by atoms with Crippen LogP contribution in [0, 0.1) is 6.92 Å². The Labute approximate surface area is 180 Å². The lowest BCUT2D eigenvalue weighted by atomic mass is 10.1. The van der Waals surface area contributed by atoms with Crippen LogP contribution in [0.2, 0.25) is 0 Å².